The van der Waals surface area contributed by atoms with Crippen LogP contribution >= 0.6 is 0 Å². The highest BCUT2D eigenvalue weighted by Crippen LogP contribution is 2.29. The maximum atomic E-state index is 12.3. The number of hydrogen-bond acceptors (Lipinski definition) is 3. The molecule has 0 saturated carbocycles. The minimum absolute atomic E-state index is 0.171. The monoisotopic (exact) mass is 268 g/mol. The van der Waals surface area contributed by atoms with Gasteiger partial charge >= 0.3 is 6.18 Å². The lowest BCUT2D eigenvalue weighted by Crippen LogP contribution is -2.46. The van der Waals surface area contributed by atoms with Gasteiger partial charge in [0, 0.05) is 25.1 Å². The minimum atomic E-state index is -4.13. The van der Waals surface area contributed by atoms with Gasteiger partial charge < -0.3 is 10.1 Å². The van der Waals surface area contributed by atoms with Crippen LogP contribution < -0.4 is 5.32 Å². The topological polar surface area (TPSA) is 24.5 Å². The number of rotatable bonds is 7. The lowest BCUT2D eigenvalue weighted by molar-refractivity contribution is -0.145. The van der Waals surface area contributed by atoms with Gasteiger partial charge in [0.05, 0.1) is 13.2 Å². The van der Waals surface area contributed by atoms with Gasteiger partial charge in [0.1, 0.15) is 0 Å². The van der Waals surface area contributed by atoms with Crippen molar-refractivity contribution >= 4 is 0 Å². The molecule has 1 aliphatic heterocycles. The number of alkyl halides is 3. The van der Waals surface area contributed by atoms with E-state index in [0.717, 1.165) is 25.9 Å². The average molecular weight is 268 g/mol. The molecule has 18 heavy (non-hydrogen) atoms. The molecular formula is C12H23F3N2O. The lowest BCUT2D eigenvalue weighted by atomic mass is 9.86. The van der Waals surface area contributed by atoms with Crippen LogP contribution in [0.4, 0.5) is 13.2 Å². The van der Waals surface area contributed by atoms with Gasteiger partial charge in [-0.1, -0.05) is 6.92 Å². The summed E-state index contributed by atoms with van der Waals surface area (Å²) < 4.78 is 42.3. The molecule has 108 valence electrons. The van der Waals surface area contributed by atoms with Gasteiger partial charge in [-0.25, -0.2) is 0 Å². The van der Waals surface area contributed by atoms with E-state index in [-0.39, 0.29) is 5.41 Å². The van der Waals surface area contributed by atoms with E-state index < -0.39 is 12.7 Å². The molecule has 0 amide bonds. The Morgan fingerprint density at radius 3 is 2.61 bits per heavy atom. The second-order valence-electron chi connectivity index (χ2n) is 5.27. The van der Waals surface area contributed by atoms with Crippen LogP contribution in [0, 0.1) is 5.41 Å². The Morgan fingerprint density at radius 1 is 1.39 bits per heavy atom. The molecule has 1 aliphatic rings. The standard InChI is InChI=1S/C12H23F3N2O/c1-3-5-16-7-11(4-6-18-10-11)8-17(2)9-12(13,14)15/h16H,3-10H2,1-2H3. The first-order valence-corrected chi connectivity index (χ1v) is 6.41. The zero-order valence-electron chi connectivity index (χ0n) is 11.1. The molecule has 1 rings (SSSR count). The summed E-state index contributed by atoms with van der Waals surface area (Å²) in [4.78, 5) is 1.35. The van der Waals surface area contributed by atoms with Crippen molar-refractivity contribution in [3.8, 4) is 0 Å². The predicted octanol–water partition coefficient (Wildman–Crippen LogP) is 1.89. The van der Waals surface area contributed by atoms with E-state index in [4.69, 9.17) is 4.74 Å². The Labute approximate surface area is 107 Å². The van der Waals surface area contributed by atoms with Gasteiger partial charge in [0.25, 0.3) is 0 Å². The van der Waals surface area contributed by atoms with Crippen molar-refractivity contribution in [2.45, 2.75) is 25.9 Å². The van der Waals surface area contributed by atoms with Crippen molar-refractivity contribution in [3.63, 3.8) is 0 Å². The second-order valence-corrected chi connectivity index (χ2v) is 5.27. The van der Waals surface area contributed by atoms with E-state index in [2.05, 4.69) is 12.2 Å². The van der Waals surface area contributed by atoms with E-state index >= 15 is 0 Å². The maximum absolute atomic E-state index is 12.3. The minimum Gasteiger partial charge on any atom is -0.381 e. The fourth-order valence-corrected chi connectivity index (χ4v) is 2.43. The maximum Gasteiger partial charge on any atom is 0.401 e. The molecule has 1 atom stereocenters. The van der Waals surface area contributed by atoms with Crippen molar-refractivity contribution in [2.24, 2.45) is 5.41 Å². The third kappa shape index (κ3) is 5.54. The van der Waals surface area contributed by atoms with Crippen molar-refractivity contribution in [2.75, 3.05) is 46.4 Å². The fourth-order valence-electron chi connectivity index (χ4n) is 2.43. The van der Waals surface area contributed by atoms with Crippen LogP contribution in [-0.2, 0) is 4.74 Å². The molecule has 0 aliphatic carbocycles. The quantitative estimate of drug-likeness (QED) is 0.714. The fraction of sp³-hybridized carbons (Fsp3) is 1.00. The highest BCUT2D eigenvalue weighted by atomic mass is 19.4. The first kappa shape index (κ1) is 15.7. The Morgan fingerprint density at radius 2 is 2.11 bits per heavy atom. The van der Waals surface area contributed by atoms with Crippen LogP contribution in [0.2, 0.25) is 0 Å². The molecule has 1 saturated heterocycles. The highest BCUT2D eigenvalue weighted by Gasteiger charge is 2.38. The SMILES string of the molecule is CCCNCC1(CN(C)CC(F)(F)F)CCOC1. The molecule has 3 nitrogen and oxygen atoms in total. The Kier molecular flexibility index (Phi) is 5.88. The normalized spacial score (nSPS) is 25.0. The summed E-state index contributed by atoms with van der Waals surface area (Å²) in [5.41, 5.74) is -0.171. The molecule has 0 bridgehead atoms. The van der Waals surface area contributed by atoms with Crippen LogP contribution in [-0.4, -0.2) is 57.5 Å². The molecule has 0 aromatic heterocycles. The van der Waals surface area contributed by atoms with E-state index in [1.807, 2.05) is 0 Å². The molecule has 1 heterocycles. The van der Waals surface area contributed by atoms with Crippen LogP contribution in [0.1, 0.15) is 19.8 Å². The zero-order valence-corrected chi connectivity index (χ0v) is 11.1. The van der Waals surface area contributed by atoms with Crippen LogP contribution in [0.15, 0.2) is 0 Å². The molecule has 1 fully saturated rings. The van der Waals surface area contributed by atoms with E-state index in [1.54, 1.807) is 0 Å². The lowest BCUT2D eigenvalue weighted by Gasteiger charge is -2.33. The zero-order chi connectivity index (χ0) is 13.6. The van der Waals surface area contributed by atoms with E-state index in [0.29, 0.717) is 19.8 Å². The van der Waals surface area contributed by atoms with Crippen molar-refractivity contribution < 1.29 is 17.9 Å². The van der Waals surface area contributed by atoms with Crippen LogP contribution in [0.5, 0.6) is 0 Å². The number of nitrogens with zero attached hydrogens (tertiary/aromatic N) is 1. The predicted molar refractivity (Wildman–Crippen MR) is 64.6 cm³/mol. The summed E-state index contributed by atoms with van der Waals surface area (Å²) in [7, 11) is 1.52. The summed E-state index contributed by atoms with van der Waals surface area (Å²) in [5.74, 6) is 0. The molecule has 0 radical (unpaired) electrons. The summed E-state index contributed by atoms with van der Waals surface area (Å²) in [6.07, 6.45) is -2.28. The smallest absolute Gasteiger partial charge is 0.381 e. The van der Waals surface area contributed by atoms with Gasteiger partial charge in [0.2, 0.25) is 0 Å². The summed E-state index contributed by atoms with van der Waals surface area (Å²) in [5, 5.41) is 3.30. The summed E-state index contributed by atoms with van der Waals surface area (Å²) >= 11 is 0. The Balaban J connectivity index is 2.46. The van der Waals surface area contributed by atoms with Gasteiger partial charge in [0.15, 0.2) is 0 Å². The first-order chi connectivity index (χ1) is 8.37. The molecule has 6 heteroatoms. The average Bonchev–Trinajstić information content (AvgIpc) is 2.64. The molecule has 0 aromatic carbocycles. The van der Waals surface area contributed by atoms with Gasteiger partial charge in [-0.3, -0.25) is 4.90 Å². The van der Waals surface area contributed by atoms with E-state index in [9.17, 15) is 13.2 Å². The molecule has 1 unspecified atom stereocenters. The third-order valence-electron chi connectivity index (χ3n) is 3.17. The number of halogens is 3. The second kappa shape index (κ2) is 6.73. The Hall–Kier alpha value is -0.330. The first-order valence-electron chi connectivity index (χ1n) is 6.41. The van der Waals surface area contributed by atoms with Crippen molar-refractivity contribution in [1.29, 1.82) is 0 Å². The molecular weight excluding hydrogens is 245 g/mol. The molecule has 1 N–H and O–H groups in total. The molecule has 0 spiro atoms. The number of nitrogens with one attached hydrogen (secondary N) is 1. The summed E-state index contributed by atoms with van der Waals surface area (Å²) in [6.45, 7) is 4.44. The van der Waals surface area contributed by atoms with Gasteiger partial charge in [-0.05, 0) is 26.4 Å². The number of hydrogen-bond donors (Lipinski definition) is 1. The highest BCUT2D eigenvalue weighted by molar-refractivity contribution is 4.88. The largest absolute Gasteiger partial charge is 0.401 e. The van der Waals surface area contributed by atoms with Crippen LogP contribution in [0.3, 0.4) is 0 Å². The number of ether oxygens (including phenoxy) is 1. The van der Waals surface area contributed by atoms with E-state index in [1.165, 1.54) is 11.9 Å². The van der Waals surface area contributed by atoms with Crippen molar-refractivity contribution in [3.05, 3.63) is 0 Å². The Bertz CT molecular complexity index is 240. The van der Waals surface area contributed by atoms with Crippen molar-refractivity contribution in [1.82, 2.24) is 10.2 Å². The van der Waals surface area contributed by atoms with Gasteiger partial charge in [-0.2, -0.15) is 13.2 Å². The van der Waals surface area contributed by atoms with Crippen LogP contribution in [0.25, 0.3) is 0 Å². The molecule has 0 aromatic rings. The van der Waals surface area contributed by atoms with Gasteiger partial charge in [-0.15, -0.1) is 0 Å². The third-order valence-corrected chi connectivity index (χ3v) is 3.17. The summed E-state index contributed by atoms with van der Waals surface area (Å²) in [6, 6.07) is 0.